The van der Waals surface area contributed by atoms with Crippen molar-refractivity contribution in [2.75, 3.05) is 39.3 Å². The molecule has 0 aromatic heterocycles. The van der Waals surface area contributed by atoms with E-state index in [4.69, 9.17) is 10.00 Å². The molecule has 8 heteroatoms. The fraction of sp³-hybridized carbons (Fsp3) is 0.417. The largest absolute Gasteiger partial charge is 0.370 e. The van der Waals surface area contributed by atoms with E-state index in [1.54, 1.807) is 0 Å². The van der Waals surface area contributed by atoms with Crippen LogP contribution in [0, 0.1) is 23.0 Å². The first-order chi connectivity index (χ1) is 15.5. The number of nitriles is 1. The Balaban J connectivity index is 1.21. The van der Waals surface area contributed by atoms with Gasteiger partial charge in [-0.1, -0.05) is 18.2 Å². The molecule has 6 nitrogen and oxygen atoms in total. The number of ether oxygens (including phenoxy) is 1. The summed E-state index contributed by atoms with van der Waals surface area (Å²) in [5.41, 5.74) is 1.72. The highest BCUT2D eigenvalue weighted by Gasteiger charge is 2.35. The highest BCUT2D eigenvalue weighted by Crippen LogP contribution is 2.19. The molecule has 1 N–H and O–H groups in total. The number of benzene rings is 2. The maximum absolute atomic E-state index is 14.0. The van der Waals surface area contributed by atoms with Gasteiger partial charge in [0.25, 0.3) is 0 Å². The third-order valence-electron chi connectivity index (χ3n) is 5.89. The predicted octanol–water partition coefficient (Wildman–Crippen LogP) is 2.08. The molecule has 2 aromatic rings. The highest BCUT2D eigenvalue weighted by atomic mass is 19.1. The Hall–Kier alpha value is -2.86. The van der Waals surface area contributed by atoms with E-state index in [0.717, 1.165) is 31.6 Å². The molecule has 2 heterocycles. The summed E-state index contributed by atoms with van der Waals surface area (Å²) in [5.74, 6) is -0.881. The molecule has 2 aliphatic rings. The van der Waals surface area contributed by atoms with E-state index >= 15 is 0 Å². The fourth-order valence-corrected chi connectivity index (χ4v) is 4.32. The van der Waals surface area contributed by atoms with E-state index < -0.39 is 5.82 Å². The summed E-state index contributed by atoms with van der Waals surface area (Å²) < 4.78 is 33.1. The topological polar surface area (TPSA) is 68.6 Å². The lowest BCUT2D eigenvalue weighted by atomic mass is 10.1. The summed E-state index contributed by atoms with van der Waals surface area (Å²) >= 11 is 0. The molecular formula is C24H26F2N4O2. The lowest BCUT2D eigenvalue weighted by molar-refractivity contribution is -0.144. The van der Waals surface area contributed by atoms with Crippen LogP contribution >= 0.6 is 0 Å². The molecule has 0 spiro atoms. The molecule has 0 saturated carbocycles. The van der Waals surface area contributed by atoms with Gasteiger partial charge in [0.2, 0.25) is 5.91 Å². The van der Waals surface area contributed by atoms with Crippen LogP contribution in [0.5, 0.6) is 0 Å². The van der Waals surface area contributed by atoms with Crippen molar-refractivity contribution in [2.24, 2.45) is 0 Å². The molecule has 2 aromatic carbocycles. The molecule has 2 bridgehead atoms. The zero-order valence-electron chi connectivity index (χ0n) is 17.8. The molecular weight excluding hydrogens is 414 g/mol. The lowest BCUT2D eigenvalue weighted by Crippen LogP contribution is -2.60. The normalized spacial score (nSPS) is 21.2. The van der Waals surface area contributed by atoms with Crippen LogP contribution in [0.3, 0.4) is 0 Å². The van der Waals surface area contributed by atoms with Crippen molar-refractivity contribution in [3.05, 3.63) is 70.8 Å². The van der Waals surface area contributed by atoms with Crippen LogP contribution < -0.4 is 5.32 Å². The Bertz CT molecular complexity index is 978. The standard InChI is InChI=1S/C24H26F2N4O2/c25-20-5-2-17(3-6-20)7-8-29-12-21-14-30(15-22(13-29)32-21)16-24(31)28-11-19-4-1-18(10-27)9-23(19)26/h1-6,9,21-22H,7-8,11-16H2,(H,28,31). The molecule has 2 aliphatic heterocycles. The van der Waals surface area contributed by atoms with Gasteiger partial charge in [-0.05, 0) is 36.2 Å². The van der Waals surface area contributed by atoms with E-state index in [9.17, 15) is 13.6 Å². The van der Waals surface area contributed by atoms with E-state index in [2.05, 4.69) is 15.1 Å². The Kier molecular flexibility index (Phi) is 7.10. The first-order valence-corrected chi connectivity index (χ1v) is 10.8. The number of amides is 1. The summed E-state index contributed by atoms with van der Waals surface area (Å²) in [6, 6.07) is 12.7. The first kappa shape index (κ1) is 22.3. The molecule has 2 fully saturated rings. The van der Waals surface area contributed by atoms with Crippen LogP contribution in [0.25, 0.3) is 0 Å². The van der Waals surface area contributed by atoms with Gasteiger partial charge in [-0.2, -0.15) is 5.26 Å². The number of nitrogens with zero attached hydrogens (tertiary/aromatic N) is 3. The van der Waals surface area contributed by atoms with Gasteiger partial charge in [-0.25, -0.2) is 8.78 Å². The fourth-order valence-electron chi connectivity index (χ4n) is 4.32. The molecule has 4 rings (SSSR count). The van der Waals surface area contributed by atoms with Crippen LogP contribution in [-0.4, -0.2) is 67.2 Å². The van der Waals surface area contributed by atoms with E-state index in [1.165, 1.54) is 30.3 Å². The summed E-state index contributed by atoms with van der Waals surface area (Å²) in [7, 11) is 0. The number of hydrogen-bond donors (Lipinski definition) is 1. The van der Waals surface area contributed by atoms with Gasteiger partial charge in [0.1, 0.15) is 11.6 Å². The summed E-state index contributed by atoms with van der Waals surface area (Å²) in [4.78, 5) is 16.8. The number of nitrogens with one attached hydrogen (secondary N) is 1. The van der Waals surface area contributed by atoms with Gasteiger partial charge < -0.3 is 10.1 Å². The SMILES string of the molecule is N#Cc1ccc(CNC(=O)CN2CC3CN(CCc4ccc(F)cc4)CC(C2)O3)c(F)c1. The van der Waals surface area contributed by atoms with Crippen molar-refractivity contribution >= 4 is 5.91 Å². The highest BCUT2D eigenvalue weighted by molar-refractivity contribution is 5.78. The average Bonchev–Trinajstić information content (AvgIpc) is 2.77. The number of halogens is 2. The van der Waals surface area contributed by atoms with Crippen molar-refractivity contribution in [1.29, 1.82) is 5.26 Å². The van der Waals surface area contributed by atoms with Gasteiger partial charge in [0.15, 0.2) is 0 Å². The van der Waals surface area contributed by atoms with Crippen LogP contribution in [-0.2, 0) is 22.5 Å². The van der Waals surface area contributed by atoms with Crippen molar-refractivity contribution in [3.8, 4) is 6.07 Å². The number of carbonyl (C=O) groups excluding carboxylic acids is 1. The third kappa shape index (κ3) is 5.88. The average molecular weight is 440 g/mol. The second-order valence-electron chi connectivity index (χ2n) is 8.40. The molecule has 0 aliphatic carbocycles. The molecule has 0 radical (unpaired) electrons. The minimum Gasteiger partial charge on any atom is -0.370 e. The molecule has 2 atom stereocenters. The van der Waals surface area contributed by atoms with Crippen molar-refractivity contribution in [1.82, 2.24) is 15.1 Å². The maximum atomic E-state index is 14.0. The summed E-state index contributed by atoms with van der Waals surface area (Å²) in [6.07, 6.45) is 0.941. The lowest BCUT2D eigenvalue weighted by Gasteiger charge is -2.45. The quantitative estimate of drug-likeness (QED) is 0.714. The smallest absolute Gasteiger partial charge is 0.234 e. The summed E-state index contributed by atoms with van der Waals surface area (Å²) in [5, 5.41) is 11.6. The third-order valence-corrected chi connectivity index (χ3v) is 5.89. The Labute approximate surface area is 186 Å². The molecule has 1 amide bonds. The maximum Gasteiger partial charge on any atom is 0.234 e. The van der Waals surface area contributed by atoms with E-state index in [1.807, 2.05) is 18.2 Å². The van der Waals surface area contributed by atoms with Crippen LogP contribution in [0.4, 0.5) is 8.78 Å². The van der Waals surface area contributed by atoms with Gasteiger partial charge in [0, 0.05) is 44.8 Å². The number of fused-ring (bicyclic) bond motifs is 2. The van der Waals surface area contributed by atoms with Gasteiger partial charge in [0.05, 0.1) is 30.4 Å². The summed E-state index contributed by atoms with van der Waals surface area (Å²) in [6.45, 7) is 4.15. The Morgan fingerprint density at radius 2 is 1.75 bits per heavy atom. The van der Waals surface area contributed by atoms with Crippen molar-refractivity contribution in [3.63, 3.8) is 0 Å². The first-order valence-electron chi connectivity index (χ1n) is 10.8. The van der Waals surface area contributed by atoms with Crippen LogP contribution in [0.15, 0.2) is 42.5 Å². The van der Waals surface area contributed by atoms with Gasteiger partial charge >= 0.3 is 0 Å². The molecule has 168 valence electrons. The van der Waals surface area contributed by atoms with E-state index in [-0.39, 0.29) is 42.6 Å². The molecule has 2 saturated heterocycles. The minimum absolute atomic E-state index is 0.0412. The zero-order chi connectivity index (χ0) is 22.5. The number of morpholine rings is 2. The van der Waals surface area contributed by atoms with Crippen LogP contribution in [0.1, 0.15) is 16.7 Å². The molecule has 2 unspecified atom stereocenters. The van der Waals surface area contributed by atoms with Crippen molar-refractivity contribution < 1.29 is 18.3 Å². The number of rotatable bonds is 7. The zero-order valence-corrected chi connectivity index (χ0v) is 17.8. The minimum atomic E-state index is -0.494. The Morgan fingerprint density at radius 3 is 2.41 bits per heavy atom. The predicted molar refractivity (Wildman–Crippen MR) is 115 cm³/mol. The van der Waals surface area contributed by atoms with Crippen LogP contribution in [0.2, 0.25) is 0 Å². The van der Waals surface area contributed by atoms with E-state index in [0.29, 0.717) is 18.7 Å². The number of hydrogen-bond acceptors (Lipinski definition) is 5. The van der Waals surface area contributed by atoms with Crippen molar-refractivity contribution in [2.45, 2.75) is 25.2 Å². The molecule has 32 heavy (non-hydrogen) atoms. The number of carbonyl (C=O) groups is 1. The van der Waals surface area contributed by atoms with Gasteiger partial charge in [-0.15, -0.1) is 0 Å². The second kappa shape index (κ2) is 10.2. The van der Waals surface area contributed by atoms with Gasteiger partial charge in [-0.3, -0.25) is 14.6 Å². The monoisotopic (exact) mass is 440 g/mol. The second-order valence-corrected chi connectivity index (χ2v) is 8.40. The Morgan fingerprint density at radius 1 is 1.06 bits per heavy atom.